The first-order valence-corrected chi connectivity index (χ1v) is 11.5. The van der Waals surface area contributed by atoms with Crippen molar-refractivity contribution < 1.29 is 19.1 Å². The molecule has 3 aromatic rings. The second-order valence-corrected chi connectivity index (χ2v) is 8.97. The highest BCUT2D eigenvalue weighted by atomic mass is 127. The van der Waals surface area contributed by atoms with E-state index >= 15 is 0 Å². The van der Waals surface area contributed by atoms with E-state index in [-0.39, 0.29) is 12.5 Å². The largest absolute Gasteiger partial charge is 0.483 e. The molecule has 0 saturated heterocycles. The van der Waals surface area contributed by atoms with Crippen molar-refractivity contribution in [1.29, 1.82) is 0 Å². The van der Waals surface area contributed by atoms with Crippen LogP contribution in [0.3, 0.4) is 0 Å². The number of benzene rings is 3. The van der Waals surface area contributed by atoms with Gasteiger partial charge in [0.05, 0.1) is 11.8 Å². The molecule has 0 unspecified atom stereocenters. The smallest absolute Gasteiger partial charge is 0.344 e. The zero-order valence-corrected chi connectivity index (χ0v) is 21.1. The Labute approximate surface area is 208 Å². The van der Waals surface area contributed by atoms with Gasteiger partial charge >= 0.3 is 5.97 Å². The van der Waals surface area contributed by atoms with Gasteiger partial charge < -0.3 is 9.47 Å². The minimum Gasteiger partial charge on any atom is -0.483 e. The molecular weight excluding hydrogens is 587 g/mol. The van der Waals surface area contributed by atoms with E-state index in [0.29, 0.717) is 17.1 Å². The molecule has 0 fully saturated rings. The molecule has 0 spiro atoms. The Morgan fingerprint density at radius 2 is 1.72 bits per heavy atom. The number of hydrogen-bond donors (Lipinski definition) is 1. The quantitative estimate of drug-likeness (QED) is 0.128. The van der Waals surface area contributed by atoms with Crippen molar-refractivity contribution in [3.63, 3.8) is 0 Å². The van der Waals surface area contributed by atoms with E-state index in [2.05, 4.69) is 49.0 Å². The topological polar surface area (TPSA) is 77.0 Å². The molecule has 1 N–H and O–H groups in total. The molecular formula is C24H20BrIN2O4. The van der Waals surface area contributed by atoms with Crippen LogP contribution in [-0.2, 0) is 4.79 Å². The number of halogens is 2. The first-order chi connectivity index (χ1) is 15.3. The zero-order chi connectivity index (χ0) is 23.1. The third-order valence-electron chi connectivity index (χ3n) is 4.36. The Balaban J connectivity index is 1.50. The summed E-state index contributed by atoms with van der Waals surface area (Å²) in [6.07, 6.45) is 1.50. The molecule has 32 heavy (non-hydrogen) atoms. The maximum Gasteiger partial charge on any atom is 0.344 e. The lowest BCUT2D eigenvalue weighted by molar-refractivity contribution is -0.123. The van der Waals surface area contributed by atoms with Gasteiger partial charge in [-0.25, -0.2) is 10.2 Å². The van der Waals surface area contributed by atoms with Crippen LogP contribution in [0.2, 0.25) is 0 Å². The van der Waals surface area contributed by atoms with Crippen LogP contribution >= 0.6 is 38.5 Å². The van der Waals surface area contributed by atoms with E-state index in [9.17, 15) is 9.59 Å². The highest BCUT2D eigenvalue weighted by Gasteiger charge is 2.12. The average molecular weight is 607 g/mol. The number of carbonyl (C=O) groups is 2. The molecule has 0 radical (unpaired) electrons. The van der Waals surface area contributed by atoms with Gasteiger partial charge in [0.15, 0.2) is 6.61 Å². The summed E-state index contributed by atoms with van der Waals surface area (Å²) in [5, 5.41) is 3.94. The third kappa shape index (κ3) is 6.64. The highest BCUT2D eigenvalue weighted by molar-refractivity contribution is 14.1. The van der Waals surface area contributed by atoms with Crippen LogP contribution in [0.15, 0.2) is 70.2 Å². The fourth-order valence-electron chi connectivity index (χ4n) is 2.88. The Bertz CT molecular complexity index is 1140. The Hall–Kier alpha value is -2.72. The number of esters is 1. The maximum atomic E-state index is 12.3. The van der Waals surface area contributed by atoms with Crippen LogP contribution in [-0.4, -0.2) is 24.7 Å². The Kier molecular flexibility index (Phi) is 8.40. The summed E-state index contributed by atoms with van der Waals surface area (Å²) in [5.74, 6) is 0.318. The van der Waals surface area contributed by atoms with E-state index in [1.165, 1.54) is 6.21 Å². The van der Waals surface area contributed by atoms with Crippen molar-refractivity contribution >= 4 is 56.6 Å². The van der Waals surface area contributed by atoms with Gasteiger partial charge in [0.25, 0.3) is 5.91 Å². The number of amides is 1. The highest BCUT2D eigenvalue weighted by Crippen LogP contribution is 2.27. The summed E-state index contributed by atoms with van der Waals surface area (Å²) in [5.41, 5.74) is 5.56. The number of hydrogen-bond acceptors (Lipinski definition) is 5. The monoisotopic (exact) mass is 606 g/mol. The lowest BCUT2D eigenvalue weighted by Gasteiger charge is -2.11. The summed E-state index contributed by atoms with van der Waals surface area (Å²) in [7, 11) is 0. The van der Waals surface area contributed by atoms with Crippen LogP contribution in [0.5, 0.6) is 11.5 Å². The van der Waals surface area contributed by atoms with Gasteiger partial charge in [-0.15, -0.1) is 0 Å². The molecule has 164 valence electrons. The molecule has 0 aliphatic carbocycles. The molecule has 0 heterocycles. The number of aryl methyl sites for hydroxylation is 2. The number of nitrogens with zero attached hydrogens (tertiary/aromatic N) is 1. The van der Waals surface area contributed by atoms with Gasteiger partial charge in [-0.3, -0.25) is 4.79 Å². The number of hydrazone groups is 1. The number of rotatable bonds is 7. The minimum absolute atomic E-state index is 0.145. The normalized spacial score (nSPS) is 10.8. The molecule has 0 aliphatic rings. The Morgan fingerprint density at radius 1 is 1.06 bits per heavy atom. The van der Waals surface area contributed by atoms with E-state index in [1.807, 2.05) is 38.1 Å². The molecule has 8 heteroatoms. The SMILES string of the molecule is Cc1cc(Br)cc(C)c1OCC(=O)NN=Cc1ccc(OC(=O)c2ccccc2I)cc1. The van der Waals surface area contributed by atoms with Crippen LogP contribution in [0.4, 0.5) is 0 Å². The standard InChI is InChI=1S/C24H20BrIN2O4/c1-15-11-18(25)12-16(2)23(15)31-14-22(29)28-27-13-17-7-9-19(10-8-17)32-24(30)20-5-3-4-6-21(20)26/h3-13H,14H2,1-2H3,(H,28,29). The summed E-state index contributed by atoms with van der Waals surface area (Å²) in [6.45, 7) is 3.70. The lowest BCUT2D eigenvalue weighted by Crippen LogP contribution is -2.25. The molecule has 1 amide bonds. The molecule has 6 nitrogen and oxygen atoms in total. The summed E-state index contributed by atoms with van der Waals surface area (Å²) in [6, 6.07) is 17.9. The zero-order valence-electron chi connectivity index (χ0n) is 17.4. The van der Waals surface area contributed by atoms with Crippen LogP contribution < -0.4 is 14.9 Å². The predicted octanol–water partition coefficient (Wildman–Crippen LogP) is 5.42. The number of carbonyl (C=O) groups excluding carboxylic acids is 2. The number of ether oxygens (including phenoxy) is 2. The van der Waals surface area contributed by atoms with E-state index in [1.54, 1.807) is 36.4 Å². The Morgan fingerprint density at radius 3 is 2.38 bits per heavy atom. The van der Waals surface area contributed by atoms with Crippen LogP contribution in [0.1, 0.15) is 27.0 Å². The van der Waals surface area contributed by atoms with E-state index < -0.39 is 5.97 Å². The first kappa shape index (κ1) is 23.9. The van der Waals surface area contributed by atoms with Gasteiger partial charge in [0.2, 0.25) is 0 Å². The second kappa shape index (κ2) is 11.2. The average Bonchev–Trinajstić information content (AvgIpc) is 2.74. The molecule has 0 atom stereocenters. The van der Waals surface area contributed by atoms with Crippen molar-refractivity contribution in [2.45, 2.75) is 13.8 Å². The molecule has 0 aromatic heterocycles. The summed E-state index contributed by atoms with van der Waals surface area (Å²) >= 11 is 5.53. The molecule has 3 aromatic carbocycles. The van der Waals surface area contributed by atoms with Crippen LogP contribution in [0, 0.1) is 17.4 Å². The molecule has 0 aliphatic heterocycles. The molecule has 0 saturated carbocycles. The van der Waals surface area contributed by atoms with Crippen molar-refractivity contribution in [2.75, 3.05) is 6.61 Å². The van der Waals surface area contributed by atoms with Crippen molar-refractivity contribution in [3.05, 3.63) is 91.0 Å². The fourth-order valence-corrected chi connectivity index (χ4v) is 4.18. The van der Waals surface area contributed by atoms with Gasteiger partial charge in [-0.1, -0.05) is 28.1 Å². The van der Waals surface area contributed by atoms with Crippen LogP contribution in [0.25, 0.3) is 0 Å². The second-order valence-electron chi connectivity index (χ2n) is 6.89. The minimum atomic E-state index is -0.417. The number of nitrogens with one attached hydrogen (secondary N) is 1. The van der Waals surface area contributed by atoms with Gasteiger partial charge in [-0.2, -0.15) is 5.10 Å². The maximum absolute atomic E-state index is 12.3. The molecule has 0 bridgehead atoms. The lowest BCUT2D eigenvalue weighted by atomic mass is 10.1. The predicted molar refractivity (Wildman–Crippen MR) is 135 cm³/mol. The van der Waals surface area contributed by atoms with Crippen molar-refractivity contribution in [2.24, 2.45) is 5.10 Å². The summed E-state index contributed by atoms with van der Waals surface area (Å²) in [4.78, 5) is 24.3. The fraction of sp³-hybridized carbons (Fsp3) is 0.125. The third-order valence-corrected chi connectivity index (χ3v) is 5.76. The van der Waals surface area contributed by atoms with Crippen molar-refractivity contribution in [1.82, 2.24) is 5.43 Å². The van der Waals surface area contributed by atoms with Gasteiger partial charge in [0, 0.05) is 8.04 Å². The van der Waals surface area contributed by atoms with Gasteiger partial charge in [-0.05, 0) is 102 Å². The van der Waals surface area contributed by atoms with Gasteiger partial charge in [0.1, 0.15) is 11.5 Å². The van der Waals surface area contributed by atoms with E-state index in [4.69, 9.17) is 9.47 Å². The van der Waals surface area contributed by atoms with Crippen molar-refractivity contribution in [3.8, 4) is 11.5 Å². The molecule has 3 rings (SSSR count). The summed E-state index contributed by atoms with van der Waals surface area (Å²) < 4.78 is 12.8. The van der Waals surface area contributed by atoms with E-state index in [0.717, 1.165) is 24.7 Å². The first-order valence-electron chi connectivity index (χ1n) is 9.61.